The van der Waals surface area contributed by atoms with Gasteiger partial charge in [0, 0.05) is 10.2 Å². The Labute approximate surface area is 186 Å². The van der Waals surface area contributed by atoms with E-state index in [1.54, 1.807) is 26.5 Å². The fourth-order valence-electron chi connectivity index (χ4n) is 2.88. The first-order valence-corrected chi connectivity index (χ1v) is 15.7. The molecule has 2 aliphatic rings. The smallest absolute Gasteiger partial charge is 0.356 e. The van der Waals surface area contributed by atoms with Gasteiger partial charge in [-0.15, -0.1) is 0 Å². The minimum absolute atomic E-state index is 0.0525. The standard InChI is InChI=1S/C19H32BrNO4S2Si/c1-11(25-28(8,9)19(5,6)7)13-15(22)21-14(17(23)24-18(2,3)4)12(10-20)26-27-16(13)21/h11,13,16H,10H2,1-9H3/t11-,13+,16-/m1/s1. The number of hydrogen-bond acceptors (Lipinski definition) is 6. The summed E-state index contributed by atoms with van der Waals surface area (Å²) >= 11 is 3.44. The minimum Gasteiger partial charge on any atom is -0.455 e. The molecule has 0 aromatic heterocycles. The van der Waals surface area contributed by atoms with Crippen LogP contribution in [0.15, 0.2) is 10.6 Å². The summed E-state index contributed by atoms with van der Waals surface area (Å²) in [6, 6.07) is 0. The summed E-state index contributed by atoms with van der Waals surface area (Å²) in [7, 11) is 1.18. The first-order valence-electron chi connectivity index (χ1n) is 9.47. The van der Waals surface area contributed by atoms with Gasteiger partial charge in [-0.2, -0.15) is 0 Å². The summed E-state index contributed by atoms with van der Waals surface area (Å²) < 4.78 is 12.1. The van der Waals surface area contributed by atoms with Crippen molar-refractivity contribution in [1.29, 1.82) is 0 Å². The maximum Gasteiger partial charge on any atom is 0.356 e. The van der Waals surface area contributed by atoms with Crippen LogP contribution in [-0.2, 0) is 18.8 Å². The molecule has 160 valence electrons. The van der Waals surface area contributed by atoms with Gasteiger partial charge in [-0.05, 0) is 45.8 Å². The molecule has 2 aliphatic heterocycles. The highest BCUT2D eigenvalue weighted by molar-refractivity contribution is 9.09. The molecule has 1 saturated heterocycles. The number of ether oxygens (including phenoxy) is 1. The van der Waals surface area contributed by atoms with Gasteiger partial charge in [0.15, 0.2) is 8.32 Å². The van der Waals surface area contributed by atoms with E-state index in [2.05, 4.69) is 49.8 Å². The van der Waals surface area contributed by atoms with Crippen molar-refractivity contribution >= 4 is 57.7 Å². The van der Waals surface area contributed by atoms with Crippen molar-refractivity contribution in [1.82, 2.24) is 4.90 Å². The molecule has 3 atom stereocenters. The first kappa shape index (κ1) is 24.3. The van der Waals surface area contributed by atoms with Gasteiger partial charge in [-0.25, -0.2) is 4.79 Å². The van der Waals surface area contributed by atoms with Crippen LogP contribution in [0, 0.1) is 5.92 Å². The number of β-lactam (4-membered cyclic amide) rings is 1. The molecule has 2 rings (SSSR count). The summed E-state index contributed by atoms with van der Waals surface area (Å²) in [5.74, 6) is -0.742. The van der Waals surface area contributed by atoms with Crippen LogP contribution in [0.4, 0.5) is 0 Å². The Bertz CT molecular complexity index is 684. The van der Waals surface area contributed by atoms with Crippen molar-refractivity contribution < 1.29 is 18.8 Å². The molecule has 0 unspecified atom stereocenters. The zero-order valence-electron chi connectivity index (χ0n) is 18.2. The van der Waals surface area contributed by atoms with Gasteiger partial charge >= 0.3 is 5.97 Å². The van der Waals surface area contributed by atoms with E-state index in [1.807, 2.05) is 27.7 Å². The van der Waals surface area contributed by atoms with Gasteiger partial charge in [-0.3, -0.25) is 9.69 Å². The topological polar surface area (TPSA) is 55.8 Å². The molecular weight excluding hydrogens is 478 g/mol. The fraction of sp³-hybridized carbons (Fsp3) is 0.789. The van der Waals surface area contributed by atoms with Crippen LogP contribution in [0.25, 0.3) is 0 Å². The van der Waals surface area contributed by atoms with Crippen LogP contribution in [-0.4, -0.2) is 47.5 Å². The number of fused-ring (bicyclic) bond motifs is 1. The Morgan fingerprint density at radius 2 is 1.82 bits per heavy atom. The lowest BCUT2D eigenvalue weighted by molar-refractivity contribution is -0.163. The van der Waals surface area contributed by atoms with Crippen LogP contribution >= 0.6 is 37.5 Å². The lowest BCUT2D eigenvalue weighted by Gasteiger charge is -2.52. The first-order chi connectivity index (χ1) is 12.6. The molecule has 1 amide bonds. The maximum atomic E-state index is 13.1. The average molecular weight is 511 g/mol. The quantitative estimate of drug-likeness (QED) is 0.160. The Balaban J connectivity index is 2.23. The Morgan fingerprint density at radius 3 is 2.29 bits per heavy atom. The summed E-state index contributed by atoms with van der Waals surface area (Å²) in [5, 5.41) is 0.478. The maximum absolute atomic E-state index is 13.1. The number of allylic oxidation sites excluding steroid dienone is 1. The molecule has 0 aliphatic carbocycles. The SMILES string of the molecule is C[C@@H](O[Si](C)(C)C(C)(C)C)[C@H]1C(=O)N2C(C(=O)OC(C)(C)C)=C(CBr)SS[C@H]12. The third kappa shape index (κ3) is 4.85. The number of halogens is 1. The number of esters is 1. The van der Waals surface area contributed by atoms with Crippen LogP contribution in [0.2, 0.25) is 18.1 Å². The molecule has 0 saturated carbocycles. The van der Waals surface area contributed by atoms with E-state index in [4.69, 9.17) is 9.16 Å². The second-order valence-electron chi connectivity index (χ2n) is 9.79. The molecule has 0 bridgehead atoms. The summed E-state index contributed by atoms with van der Waals surface area (Å²) in [6.07, 6.45) is -0.187. The summed E-state index contributed by atoms with van der Waals surface area (Å²) in [5.41, 5.74) is -0.237. The third-order valence-electron chi connectivity index (χ3n) is 5.34. The van der Waals surface area contributed by atoms with Gasteiger partial charge < -0.3 is 9.16 Å². The molecule has 2 heterocycles. The Hall–Kier alpha value is 0.0369. The Kier molecular flexibility index (Phi) is 7.19. The van der Waals surface area contributed by atoms with E-state index < -0.39 is 19.9 Å². The van der Waals surface area contributed by atoms with Gasteiger partial charge in [0.05, 0.1) is 12.0 Å². The number of alkyl halides is 1. The van der Waals surface area contributed by atoms with E-state index in [9.17, 15) is 9.59 Å². The fourth-order valence-corrected chi connectivity index (χ4v) is 8.32. The van der Waals surface area contributed by atoms with Gasteiger partial charge in [-0.1, -0.05) is 58.3 Å². The summed E-state index contributed by atoms with van der Waals surface area (Å²) in [4.78, 5) is 28.3. The van der Waals surface area contributed by atoms with Gasteiger partial charge in [0.1, 0.15) is 16.7 Å². The van der Waals surface area contributed by atoms with Gasteiger partial charge in [0.25, 0.3) is 0 Å². The van der Waals surface area contributed by atoms with Crippen LogP contribution < -0.4 is 0 Å². The van der Waals surface area contributed by atoms with E-state index >= 15 is 0 Å². The van der Waals surface area contributed by atoms with E-state index in [0.29, 0.717) is 11.0 Å². The predicted molar refractivity (Wildman–Crippen MR) is 124 cm³/mol. The Morgan fingerprint density at radius 1 is 1.25 bits per heavy atom. The summed E-state index contributed by atoms with van der Waals surface area (Å²) in [6.45, 7) is 18.5. The molecule has 1 fully saturated rings. The zero-order valence-corrected chi connectivity index (χ0v) is 22.4. The van der Waals surface area contributed by atoms with Crippen LogP contribution in [0.1, 0.15) is 48.5 Å². The molecule has 0 radical (unpaired) electrons. The van der Waals surface area contributed by atoms with Crippen molar-refractivity contribution in [3.05, 3.63) is 10.6 Å². The van der Waals surface area contributed by atoms with Crippen molar-refractivity contribution in [3.63, 3.8) is 0 Å². The highest BCUT2D eigenvalue weighted by atomic mass is 79.9. The molecule has 0 spiro atoms. The lowest BCUT2D eigenvalue weighted by Crippen LogP contribution is -2.65. The zero-order chi connectivity index (χ0) is 21.7. The number of hydrogen-bond donors (Lipinski definition) is 0. The number of amides is 1. The van der Waals surface area contributed by atoms with Crippen molar-refractivity contribution in [3.8, 4) is 0 Å². The van der Waals surface area contributed by atoms with Crippen molar-refractivity contribution in [2.24, 2.45) is 5.92 Å². The largest absolute Gasteiger partial charge is 0.455 e. The second-order valence-corrected chi connectivity index (χ2v) is 17.5. The molecule has 0 aromatic rings. The molecule has 5 nitrogen and oxygen atoms in total. The highest BCUT2D eigenvalue weighted by Crippen LogP contribution is 2.54. The van der Waals surface area contributed by atoms with E-state index in [0.717, 1.165) is 4.91 Å². The molecule has 0 N–H and O–H groups in total. The minimum atomic E-state index is -1.99. The van der Waals surface area contributed by atoms with Gasteiger partial charge in [0.2, 0.25) is 5.91 Å². The van der Waals surface area contributed by atoms with Crippen LogP contribution in [0.3, 0.4) is 0 Å². The third-order valence-corrected chi connectivity index (χ3v) is 13.7. The average Bonchev–Trinajstić information content (AvgIpc) is 2.49. The number of carbonyl (C=O) groups is 2. The second kappa shape index (κ2) is 8.28. The number of rotatable bonds is 5. The monoisotopic (exact) mass is 509 g/mol. The molecule has 9 heteroatoms. The van der Waals surface area contributed by atoms with E-state index in [-0.39, 0.29) is 28.3 Å². The lowest BCUT2D eigenvalue weighted by atomic mass is 9.92. The van der Waals surface area contributed by atoms with Crippen molar-refractivity contribution in [2.45, 2.75) is 83.7 Å². The molecule has 28 heavy (non-hydrogen) atoms. The number of nitrogens with zero attached hydrogens (tertiary/aromatic N) is 1. The molecule has 0 aromatic carbocycles. The predicted octanol–water partition coefficient (Wildman–Crippen LogP) is 5.52. The normalized spacial score (nSPS) is 24.6. The molecular formula is C19H32BrNO4S2Si. The number of carbonyl (C=O) groups excluding carboxylic acids is 2. The van der Waals surface area contributed by atoms with Crippen molar-refractivity contribution in [2.75, 3.05) is 5.33 Å². The van der Waals surface area contributed by atoms with Crippen LogP contribution in [0.5, 0.6) is 0 Å². The highest BCUT2D eigenvalue weighted by Gasteiger charge is 2.57. The van der Waals surface area contributed by atoms with E-state index in [1.165, 1.54) is 0 Å².